The first kappa shape index (κ1) is 24.7. The van der Waals surface area contributed by atoms with Crippen molar-refractivity contribution in [3.05, 3.63) is 94.9 Å². The highest BCUT2D eigenvalue weighted by atomic mass is 16.5. The van der Waals surface area contributed by atoms with Gasteiger partial charge in [-0.2, -0.15) is 5.26 Å². The molecule has 3 aromatic rings. The monoisotopic (exact) mass is 484 g/mol. The summed E-state index contributed by atoms with van der Waals surface area (Å²) in [6, 6.07) is 21.7. The van der Waals surface area contributed by atoms with Crippen LogP contribution < -0.4 is 24.7 Å². The number of carbonyl (C=O) groups excluding carboxylic acids is 1. The molecule has 0 spiro atoms. The summed E-state index contributed by atoms with van der Waals surface area (Å²) in [5, 5.41) is 9.86. The normalized spacial score (nSPS) is 14.3. The summed E-state index contributed by atoms with van der Waals surface area (Å²) in [5.41, 5.74) is 8.35. The molecule has 0 amide bonds. The number of nitrogens with two attached hydrogens (primary N) is 1. The number of unbranched alkanes of at least 4 members (excludes halogenated alkanes) is 2. The molecular formula is C29H28N2O5. The van der Waals surface area contributed by atoms with Gasteiger partial charge in [0, 0.05) is 11.6 Å². The molecule has 1 aliphatic heterocycles. The van der Waals surface area contributed by atoms with Gasteiger partial charge in [-0.3, -0.25) is 0 Å². The minimum absolute atomic E-state index is 0.0115. The predicted octanol–water partition coefficient (Wildman–Crippen LogP) is 5.70. The number of carbonyl (C=O) groups is 1. The summed E-state index contributed by atoms with van der Waals surface area (Å²) in [4.78, 5) is 12.7. The molecule has 3 aromatic carbocycles. The highest BCUT2D eigenvalue weighted by Crippen LogP contribution is 2.44. The largest absolute Gasteiger partial charge is 0.496 e. The molecule has 0 saturated heterocycles. The Morgan fingerprint density at radius 1 is 1.06 bits per heavy atom. The van der Waals surface area contributed by atoms with E-state index in [9.17, 15) is 10.1 Å². The summed E-state index contributed by atoms with van der Waals surface area (Å²) in [6.07, 6.45) is 3.20. The Balaban J connectivity index is 1.62. The van der Waals surface area contributed by atoms with Gasteiger partial charge in [-0.05, 0) is 42.3 Å². The van der Waals surface area contributed by atoms with Crippen LogP contribution in [0.1, 0.15) is 53.6 Å². The van der Waals surface area contributed by atoms with E-state index in [1.807, 2.05) is 24.3 Å². The predicted molar refractivity (Wildman–Crippen MR) is 135 cm³/mol. The van der Waals surface area contributed by atoms with Crippen LogP contribution in [0, 0.1) is 11.3 Å². The van der Waals surface area contributed by atoms with Gasteiger partial charge in [-0.25, -0.2) is 4.79 Å². The van der Waals surface area contributed by atoms with Gasteiger partial charge in [-0.1, -0.05) is 50.1 Å². The smallest absolute Gasteiger partial charge is 0.347 e. The van der Waals surface area contributed by atoms with Crippen molar-refractivity contribution in [2.24, 2.45) is 5.73 Å². The van der Waals surface area contributed by atoms with E-state index in [1.165, 1.54) is 7.11 Å². The van der Waals surface area contributed by atoms with E-state index in [4.69, 9.17) is 24.7 Å². The highest BCUT2D eigenvalue weighted by molar-refractivity contribution is 5.94. The number of hydrogen-bond donors (Lipinski definition) is 1. The van der Waals surface area contributed by atoms with Crippen LogP contribution in [0.3, 0.4) is 0 Å². The Morgan fingerprint density at radius 2 is 1.89 bits per heavy atom. The number of fused-ring (bicyclic) bond motifs is 1. The maximum atomic E-state index is 12.7. The fraction of sp³-hybridized carbons (Fsp3) is 0.241. The zero-order valence-corrected chi connectivity index (χ0v) is 20.3. The number of nitriles is 1. The lowest BCUT2D eigenvalue weighted by atomic mass is 9.83. The van der Waals surface area contributed by atoms with Gasteiger partial charge in [0.25, 0.3) is 0 Å². The number of hydrogen-bond acceptors (Lipinski definition) is 7. The van der Waals surface area contributed by atoms with E-state index >= 15 is 0 Å². The Morgan fingerprint density at radius 3 is 2.67 bits per heavy atom. The first-order valence-corrected chi connectivity index (χ1v) is 11.8. The van der Waals surface area contributed by atoms with E-state index < -0.39 is 11.9 Å². The fourth-order valence-electron chi connectivity index (χ4n) is 4.14. The van der Waals surface area contributed by atoms with Crippen molar-refractivity contribution >= 4 is 5.97 Å². The quantitative estimate of drug-likeness (QED) is 0.236. The van der Waals surface area contributed by atoms with Crippen molar-refractivity contribution in [3.63, 3.8) is 0 Å². The molecule has 0 aliphatic carbocycles. The van der Waals surface area contributed by atoms with E-state index in [0.29, 0.717) is 29.2 Å². The van der Waals surface area contributed by atoms with Gasteiger partial charge in [0.1, 0.15) is 40.2 Å². The second kappa shape index (κ2) is 11.3. The molecule has 1 heterocycles. The van der Waals surface area contributed by atoms with Gasteiger partial charge in [-0.15, -0.1) is 0 Å². The Labute approximate surface area is 210 Å². The first-order chi connectivity index (χ1) is 17.5. The van der Waals surface area contributed by atoms with Crippen LogP contribution in [0.25, 0.3) is 0 Å². The van der Waals surface area contributed by atoms with Gasteiger partial charge in [0.15, 0.2) is 0 Å². The van der Waals surface area contributed by atoms with Crippen LogP contribution in [-0.2, 0) is 0 Å². The average Bonchev–Trinajstić information content (AvgIpc) is 2.90. The molecule has 0 saturated carbocycles. The topological polar surface area (TPSA) is 104 Å². The molecule has 1 aliphatic rings. The van der Waals surface area contributed by atoms with E-state index in [-0.39, 0.29) is 11.6 Å². The zero-order valence-electron chi connectivity index (χ0n) is 20.3. The van der Waals surface area contributed by atoms with Gasteiger partial charge in [0.2, 0.25) is 5.88 Å². The molecule has 7 heteroatoms. The molecule has 1 atom stereocenters. The number of rotatable bonds is 9. The van der Waals surface area contributed by atoms with Gasteiger partial charge in [0.05, 0.1) is 19.6 Å². The van der Waals surface area contributed by atoms with Crippen molar-refractivity contribution in [1.29, 1.82) is 5.26 Å². The second-order valence-corrected chi connectivity index (χ2v) is 8.34. The Bertz CT molecular complexity index is 1330. The average molecular weight is 485 g/mol. The van der Waals surface area contributed by atoms with Gasteiger partial charge >= 0.3 is 5.97 Å². The third-order valence-corrected chi connectivity index (χ3v) is 5.94. The molecule has 36 heavy (non-hydrogen) atoms. The molecule has 0 fully saturated rings. The van der Waals surface area contributed by atoms with Crippen molar-refractivity contribution < 1.29 is 23.7 Å². The van der Waals surface area contributed by atoms with Crippen molar-refractivity contribution in [2.45, 2.75) is 32.1 Å². The summed E-state index contributed by atoms with van der Waals surface area (Å²) >= 11 is 0. The molecule has 1 unspecified atom stereocenters. The first-order valence-electron chi connectivity index (χ1n) is 11.8. The lowest BCUT2D eigenvalue weighted by Crippen LogP contribution is -2.21. The Hall–Kier alpha value is -4.44. The van der Waals surface area contributed by atoms with Crippen molar-refractivity contribution in [3.8, 4) is 29.1 Å². The highest BCUT2D eigenvalue weighted by Gasteiger charge is 2.31. The van der Waals surface area contributed by atoms with Crippen LogP contribution in [0.5, 0.6) is 23.0 Å². The zero-order chi connectivity index (χ0) is 25.5. The summed E-state index contributed by atoms with van der Waals surface area (Å²) in [7, 11) is 1.49. The summed E-state index contributed by atoms with van der Waals surface area (Å²) in [5.74, 6) is 0.846. The van der Waals surface area contributed by atoms with Crippen molar-refractivity contribution in [2.75, 3.05) is 13.7 Å². The standard InChI is InChI=1S/C29H28N2O5/c1-3-4-7-15-34-20-10-8-9-19(16-20)27-22-14-13-21(17-26(22)36-28(31)24(27)18-30)35-29(32)23-11-5-6-12-25(23)33-2/h5-6,8-14,16-17,27H,3-4,7,15,31H2,1-2H3. The van der Waals surface area contributed by atoms with Gasteiger partial charge < -0.3 is 24.7 Å². The van der Waals surface area contributed by atoms with Crippen molar-refractivity contribution in [1.82, 2.24) is 0 Å². The number of esters is 1. The number of para-hydroxylation sites is 1. The molecule has 7 nitrogen and oxygen atoms in total. The second-order valence-electron chi connectivity index (χ2n) is 8.34. The molecule has 0 bridgehead atoms. The Kier molecular flexibility index (Phi) is 7.76. The summed E-state index contributed by atoms with van der Waals surface area (Å²) < 4.78 is 22.5. The maximum absolute atomic E-state index is 12.7. The number of benzene rings is 3. The van der Waals surface area contributed by atoms with E-state index in [0.717, 1.165) is 36.1 Å². The number of nitrogens with zero attached hydrogens (tertiary/aromatic N) is 1. The van der Waals surface area contributed by atoms with Crippen LogP contribution in [0.4, 0.5) is 0 Å². The lowest BCUT2D eigenvalue weighted by molar-refractivity contribution is 0.0731. The van der Waals surface area contributed by atoms with Crippen LogP contribution in [0.2, 0.25) is 0 Å². The molecule has 0 aromatic heterocycles. The van der Waals surface area contributed by atoms with E-state index in [2.05, 4.69) is 13.0 Å². The molecular weight excluding hydrogens is 456 g/mol. The van der Waals surface area contributed by atoms with Crippen LogP contribution >= 0.6 is 0 Å². The minimum atomic E-state index is -0.561. The minimum Gasteiger partial charge on any atom is -0.496 e. The fourth-order valence-corrected chi connectivity index (χ4v) is 4.14. The number of methoxy groups -OCH3 is 1. The SMILES string of the molecule is CCCCCOc1cccc(C2C(C#N)=C(N)Oc3cc(OC(=O)c4ccccc4OC)ccc32)c1. The molecule has 2 N–H and O–H groups in total. The molecule has 4 rings (SSSR count). The lowest BCUT2D eigenvalue weighted by Gasteiger charge is -2.27. The van der Waals surface area contributed by atoms with Crippen LogP contribution in [0.15, 0.2) is 78.2 Å². The number of ether oxygens (including phenoxy) is 4. The third kappa shape index (κ3) is 5.28. The molecule has 184 valence electrons. The molecule has 0 radical (unpaired) electrons. The summed E-state index contributed by atoms with van der Waals surface area (Å²) in [6.45, 7) is 2.78. The van der Waals surface area contributed by atoms with E-state index in [1.54, 1.807) is 42.5 Å². The maximum Gasteiger partial charge on any atom is 0.347 e. The third-order valence-electron chi connectivity index (χ3n) is 5.94. The van der Waals surface area contributed by atoms with Crippen LogP contribution in [-0.4, -0.2) is 19.7 Å². The number of allylic oxidation sites excluding steroid dienone is 1.